The van der Waals surface area contributed by atoms with Crippen molar-refractivity contribution in [2.75, 3.05) is 49.3 Å². The van der Waals surface area contributed by atoms with Crippen LogP contribution in [-0.4, -0.2) is 96.3 Å². The summed E-state index contributed by atoms with van der Waals surface area (Å²) >= 11 is 6.97. The van der Waals surface area contributed by atoms with Gasteiger partial charge in [-0.3, -0.25) is 29.0 Å². The van der Waals surface area contributed by atoms with Crippen molar-refractivity contribution in [1.82, 2.24) is 14.9 Å². The number of hydrogen-bond acceptors (Lipinski definition) is 11. The van der Waals surface area contributed by atoms with Gasteiger partial charge in [0.25, 0.3) is 17.7 Å². The number of ether oxygens (including phenoxy) is 3. The summed E-state index contributed by atoms with van der Waals surface area (Å²) in [4.78, 5) is 74.5. The third-order valence-corrected chi connectivity index (χ3v) is 7.90. The first-order chi connectivity index (χ1) is 20.7. The zero-order valence-corrected chi connectivity index (χ0v) is 25.4. The molecule has 0 bridgehead atoms. The van der Waals surface area contributed by atoms with Gasteiger partial charge in [-0.25, -0.2) is 9.78 Å². The van der Waals surface area contributed by atoms with Crippen LogP contribution in [0.25, 0.3) is 0 Å². The van der Waals surface area contributed by atoms with Gasteiger partial charge < -0.3 is 29.8 Å². The number of hydrogen-bond donors (Lipinski definition) is 2. The van der Waals surface area contributed by atoms with Gasteiger partial charge in [0.15, 0.2) is 6.61 Å². The Balaban J connectivity index is 0.00000442. The van der Waals surface area contributed by atoms with Crippen molar-refractivity contribution in [3.8, 4) is 0 Å². The van der Waals surface area contributed by atoms with Crippen LogP contribution in [0.5, 0.6) is 0 Å². The van der Waals surface area contributed by atoms with Gasteiger partial charge in [0.05, 0.1) is 35.2 Å². The second-order valence-electron chi connectivity index (χ2n) is 9.64. The topological polar surface area (TPSA) is 177 Å². The first-order valence-electron chi connectivity index (χ1n) is 13.2. The molecule has 2 atom stereocenters. The molecule has 14 nitrogen and oxygen atoms in total. The highest BCUT2D eigenvalue weighted by molar-refractivity contribution is 7.18. The Morgan fingerprint density at radius 3 is 2.52 bits per heavy atom. The van der Waals surface area contributed by atoms with Gasteiger partial charge in [0.1, 0.15) is 18.8 Å². The number of halogens is 2. The minimum absolute atomic E-state index is 0. The molecule has 2 aliphatic rings. The maximum Gasteiger partial charge on any atom is 0.414 e. The summed E-state index contributed by atoms with van der Waals surface area (Å²) in [6.45, 7) is -0.169. The van der Waals surface area contributed by atoms with Crippen LogP contribution < -0.4 is 15.5 Å². The highest BCUT2D eigenvalue weighted by atomic mass is 35.5. The van der Waals surface area contributed by atoms with Crippen molar-refractivity contribution in [2.45, 2.75) is 18.6 Å². The van der Waals surface area contributed by atoms with Gasteiger partial charge in [0, 0.05) is 36.2 Å². The molecule has 2 fully saturated rings. The lowest BCUT2D eigenvalue weighted by molar-refractivity contribution is -0.152. The Morgan fingerprint density at radius 1 is 1.16 bits per heavy atom. The summed E-state index contributed by atoms with van der Waals surface area (Å²) in [5.74, 6) is -2.51. The van der Waals surface area contributed by atoms with E-state index in [1.807, 2.05) is 0 Å². The SMILES string of the molecule is Cl.N[C@H](Cc1cnc[nH]1)C(=O)OCC(=O)N(C[C@H]1CN(c2ccc(N3CCOCC3=O)cc2)C(=O)O1)C(=O)c1ccc(Cl)s1. The number of amides is 4. The van der Waals surface area contributed by atoms with E-state index >= 15 is 0 Å². The molecule has 1 aromatic carbocycles. The Labute approximate surface area is 266 Å². The van der Waals surface area contributed by atoms with Crippen LogP contribution in [0.4, 0.5) is 16.2 Å². The quantitative estimate of drug-likeness (QED) is 0.304. The summed E-state index contributed by atoms with van der Waals surface area (Å²) < 4.78 is 16.1. The number of carbonyl (C=O) groups is 5. The molecular formula is C27H28Cl2N6O8S. The van der Waals surface area contributed by atoms with Crippen molar-refractivity contribution >= 4 is 76.5 Å². The van der Waals surface area contributed by atoms with Crippen LogP contribution in [0.15, 0.2) is 48.9 Å². The predicted molar refractivity (Wildman–Crippen MR) is 161 cm³/mol. The molecule has 0 radical (unpaired) electrons. The lowest BCUT2D eigenvalue weighted by Gasteiger charge is -2.27. The molecule has 5 rings (SSSR count). The molecule has 3 N–H and O–H groups in total. The van der Waals surface area contributed by atoms with Crippen LogP contribution in [0.1, 0.15) is 15.4 Å². The lowest BCUT2D eigenvalue weighted by atomic mass is 10.2. The third-order valence-electron chi connectivity index (χ3n) is 6.68. The van der Waals surface area contributed by atoms with Crippen molar-refractivity contribution < 1.29 is 38.2 Å². The van der Waals surface area contributed by atoms with E-state index < -0.39 is 42.6 Å². The van der Waals surface area contributed by atoms with Gasteiger partial charge in [-0.1, -0.05) is 11.6 Å². The molecule has 17 heteroatoms. The Hall–Kier alpha value is -4.02. The standard InChI is InChI=1S/C27H27ClN6O8S.ClH/c28-22-6-5-21(43-22)25(37)34(24(36)14-41-26(38)20(29)9-16-10-30-15-31-16)12-19-11-33(27(39)42-19)18-3-1-17(2-4-18)32-7-8-40-13-23(32)35;/h1-6,10,15,19-20H,7-9,11-14,29H2,(H,30,31);1H/t19-,20-;/m1./s1. The minimum atomic E-state index is -1.06. The number of anilines is 2. The van der Waals surface area contributed by atoms with Gasteiger partial charge in [-0.2, -0.15) is 0 Å². The number of benzene rings is 1. The number of H-pyrrole nitrogens is 1. The number of thiophene rings is 1. The van der Waals surface area contributed by atoms with Crippen LogP contribution >= 0.6 is 35.3 Å². The molecule has 0 saturated carbocycles. The van der Waals surface area contributed by atoms with E-state index in [1.54, 1.807) is 29.2 Å². The number of imidazole rings is 1. The fraction of sp³-hybridized carbons (Fsp3) is 0.333. The van der Waals surface area contributed by atoms with Crippen LogP contribution in [0.3, 0.4) is 0 Å². The van der Waals surface area contributed by atoms with Crippen molar-refractivity contribution in [1.29, 1.82) is 0 Å². The first-order valence-corrected chi connectivity index (χ1v) is 14.3. The molecule has 3 aromatic rings. The number of cyclic esters (lactones) is 1. The van der Waals surface area contributed by atoms with Gasteiger partial charge in [-0.15, -0.1) is 23.7 Å². The average Bonchev–Trinajstić information content (AvgIpc) is 3.76. The second-order valence-corrected chi connectivity index (χ2v) is 11.4. The number of carbonyl (C=O) groups excluding carboxylic acids is 5. The maximum absolute atomic E-state index is 13.3. The molecule has 4 heterocycles. The zero-order chi connectivity index (χ0) is 30.5. The summed E-state index contributed by atoms with van der Waals surface area (Å²) in [6, 6.07) is 8.70. The normalized spacial score (nSPS) is 17.1. The molecular weight excluding hydrogens is 639 g/mol. The fourth-order valence-electron chi connectivity index (χ4n) is 4.53. The summed E-state index contributed by atoms with van der Waals surface area (Å²) in [6.07, 6.45) is 1.51. The largest absolute Gasteiger partial charge is 0.454 e. The molecule has 2 saturated heterocycles. The van der Waals surface area contributed by atoms with E-state index in [0.717, 1.165) is 16.2 Å². The summed E-state index contributed by atoms with van der Waals surface area (Å²) in [5, 5.41) is 0. The average molecular weight is 668 g/mol. The number of nitrogens with two attached hydrogens (primary N) is 1. The molecule has 0 aliphatic carbocycles. The number of imide groups is 1. The molecule has 2 aromatic heterocycles. The fourth-order valence-corrected chi connectivity index (χ4v) is 5.52. The zero-order valence-electron chi connectivity index (χ0n) is 23.0. The molecule has 234 valence electrons. The Morgan fingerprint density at radius 2 is 1.89 bits per heavy atom. The van der Waals surface area contributed by atoms with Crippen LogP contribution in [0.2, 0.25) is 4.34 Å². The van der Waals surface area contributed by atoms with Crippen LogP contribution in [0, 0.1) is 0 Å². The minimum Gasteiger partial charge on any atom is -0.454 e. The molecule has 0 unspecified atom stereocenters. The second kappa shape index (κ2) is 14.6. The van der Waals surface area contributed by atoms with Gasteiger partial charge in [-0.05, 0) is 36.4 Å². The third kappa shape index (κ3) is 7.73. The smallest absolute Gasteiger partial charge is 0.414 e. The maximum atomic E-state index is 13.3. The van der Waals surface area contributed by atoms with Crippen molar-refractivity contribution in [3.05, 3.63) is 63.8 Å². The van der Waals surface area contributed by atoms with E-state index in [2.05, 4.69) is 9.97 Å². The van der Waals surface area contributed by atoms with E-state index in [-0.39, 0.29) is 49.3 Å². The Bertz CT molecular complexity index is 1500. The van der Waals surface area contributed by atoms with E-state index in [4.69, 9.17) is 31.5 Å². The summed E-state index contributed by atoms with van der Waals surface area (Å²) in [5.41, 5.74) is 7.67. The number of aromatic amines is 1. The highest BCUT2D eigenvalue weighted by Gasteiger charge is 2.37. The number of esters is 1. The molecule has 0 spiro atoms. The molecule has 44 heavy (non-hydrogen) atoms. The highest BCUT2D eigenvalue weighted by Crippen LogP contribution is 2.27. The number of rotatable bonds is 10. The first kappa shape index (κ1) is 32.9. The number of nitrogens with zero attached hydrogens (tertiary/aromatic N) is 4. The molecule has 4 amide bonds. The Kier molecular flexibility index (Phi) is 10.9. The van der Waals surface area contributed by atoms with Gasteiger partial charge >= 0.3 is 12.1 Å². The molecule has 2 aliphatic heterocycles. The van der Waals surface area contributed by atoms with E-state index in [0.29, 0.717) is 34.6 Å². The van der Waals surface area contributed by atoms with Gasteiger partial charge in [0.2, 0.25) is 0 Å². The van der Waals surface area contributed by atoms with Crippen molar-refractivity contribution in [3.63, 3.8) is 0 Å². The lowest BCUT2D eigenvalue weighted by Crippen LogP contribution is -2.45. The van der Waals surface area contributed by atoms with Crippen LogP contribution in [-0.2, 0) is 35.0 Å². The predicted octanol–water partition coefficient (Wildman–Crippen LogP) is 2.02. The summed E-state index contributed by atoms with van der Waals surface area (Å²) in [7, 11) is 0. The number of aromatic nitrogens is 2. The number of morpholine rings is 1. The van der Waals surface area contributed by atoms with Crippen molar-refractivity contribution in [2.24, 2.45) is 5.73 Å². The van der Waals surface area contributed by atoms with E-state index in [1.165, 1.54) is 29.6 Å². The number of nitrogens with one attached hydrogen (secondary N) is 1. The van der Waals surface area contributed by atoms with E-state index in [9.17, 15) is 24.0 Å². The monoisotopic (exact) mass is 666 g/mol.